The molecule has 1 rings (SSSR count). The highest BCUT2D eigenvalue weighted by atomic mass is 35.5. The molecule has 5 heteroatoms. The maximum atomic E-state index is 11.3. The highest BCUT2D eigenvalue weighted by Crippen LogP contribution is 2.13. The molecule has 0 aliphatic carbocycles. The topological polar surface area (TPSA) is 61.6 Å². The lowest BCUT2D eigenvalue weighted by molar-refractivity contribution is -0.155. The molecular weight excluding hydrogens is 266 g/mol. The van der Waals surface area contributed by atoms with Crippen molar-refractivity contribution in [2.24, 2.45) is 5.73 Å². The van der Waals surface area contributed by atoms with Crippen LogP contribution in [0.3, 0.4) is 0 Å². The quantitative estimate of drug-likeness (QED) is 0.816. The minimum Gasteiger partial charge on any atom is -0.461 e. The molecule has 0 saturated heterocycles. The Bertz CT molecular complexity index is 380. The van der Waals surface area contributed by atoms with E-state index in [2.05, 4.69) is 0 Å². The van der Waals surface area contributed by atoms with E-state index in [-0.39, 0.29) is 19.0 Å². The van der Waals surface area contributed by atoms with Crippen molar-refractivity contribution < 1.29 is 14.3 Å². The molecule has 0 heterocycles. The number of ether oxygens (including phenoxy) is 2. The average Bonchev–Trinajstić information content (AvgIpc) is 2.35. The predicted octanol–water partition coefficient (Wildman–Crippen LogP) is 2.29. The molecule has 4 nitrogen and oxygen atoms in total. The Morgan fingerprint density at radius 1 is 1.32 bits per heavy atom. The molecule has 108 valence electrons. The fourth-order valence-electron chi connectivity index (χ4n) is 1.27. The molecule has 0 unspecified atom stereocenters. The number of rotatable bonds is 6. The van der Waals surface area contributed by atoms with E-state index in [0.29, 0.717) is 6.61 Å². The van der Waals surface area contributed by atoms with Gasteiger partial charge in [-0.05, 0) is 26.3 Å². The summed E-state index contributed by atoms with van der Waals surface area (Å²) in [6.07, 6.45) is 0. The second-order valence-corrected chi connectivity index (χ2v) is 4.93. The molecule has 1 atom stereocenters. The zero-order valence-electron chi connectivity index (χ0n) is 11.6. The Morgan fingerprint density at radius 2 is 1.89 bits per heavy atom. The Morgan fingerprint density at radius 3 is 2.42 bits per heavy atom. The van der Waals surface area contributed by atoms with Crippen molar-refractivity contribution in [3.05, 3.63) is 35.9 Å². The van der Waals surface area contributed by atoms with Crippen molar-refractivity contribution in [2.75, 3.05) is 6.61 Å². The maximum absolute atomic E-state index is 11.3. The van der Waals surface area contributed by atoms with E-state index in [1.807, 2.05) is 44.2 Å². The monoisotopic (exact) mass is 287 g/mol. The molecular formula is C14H22ClNO3. The number of halogens is 1. The van der Waals surface area contributed by atoms with Crippen LogP contribution in [0, 0.1) is 0 Å². The summed E-state index contributed by atoms with van der Waals surface area (Å²) in [6, 6.07) is 9.26. The Balaban J connectivity index is 0.00000324. The van der Waals surface area contributed by atoms with Gasteiger partial charge < -0.3 is 15.2 Å². The van der Waals surface area contributed by atoms with Crippen LogP contribution in [0.5, 0.6) is 0 Å². The van der Waals surface area contributed by atoms with Gasteiger partial charge in [0.25, 0.3) is 0 Å². The van der Waals surface area contributed by atoms with Gasteiger partial charge in [0.05, 0.1) is 12.2 Å². The number of benzene rings is 1. The van der Waals surface area contributed by atoms with Crippen LogP contribution in [-0.4, -0.2) is 24.2 Å². The van der Waals surface area contributed by atoms with Crippen LogP contribution < -0.4 is 5.73 Å². The predicted molar refractivity (Wildman–Crippen MR) is 77.2 cm³/mol. The summed E-state index contributed by atoms with van der Waals surface area (Å²) < 4.78 is 10.8. The van der Waals surface area contributed by atoms with Gasteiger partial charge in [0.1, 0.15) is 12.6 Å². The number of carbonyl (C=O) groups excluding carboxylic acids is 1. The third kappa shape index (κ3) is 7.15. The first-order valence-corrected chi connectivity index (χ1v) is 6.01. The molecule has 19 heavy (non-hydrogen) atoms. The van der Waals surface area contributed by atoms with Crippen LogP contribution in [0.15, 0.2) is 30.3 Å². The fourth-order valence-corrected chi connectivity index (χ4v) is 1.27. The molecule has 0 aliphatic rings. The van der Waals surface area contributed by atoms with E-state index in [9.17, 15) is 4.79 Å². The van der Waals surface area contributed by atoms with Gasteiger partial charge in [-0.2, -0.15) is 0 Å². The zero-order valence-corrected chi connectivity index (χ0v) is 12.4. The molecule has 1 aromatic carbocycles. The Kier molecular flexibility index (Phi) is 7.68. The molecule has 0 amide bonds. The summed E-state index contributed by atoms with van der Waals surface area (Å²) in [5, 5.41) is 0. The lowest BCUT2D eigenvalue weighted by atomic mass is 10.1. The summed E-state index contributed by atoms with van der Waals surface area (Å²) in [4.78, 5) is 11.3. The molecule has 0 saturated carbocycles. The van der Waals surface area contributed by atoms with Gasteiger partial charge in [-0.15, -0.1) is 12.4 Å². The van der Waals surface area contributed by atoms with E-state index >= 15 is 0 Å². The van der Waals surface area contributed by atoms with Gasteiger partial charge in [-0.3, -0.25) is 4.79 Å². The number of nitrogens with two attached hydrogens (primary N) is 1. The Labute approximate surface area is 120 Å². The van der Waals surface area contributed by atoms with E-state index in [1.54, 1.807) is 6.92 Å². The lowest BCUT2D eigenvalue weighted by Crippen LogP contribution is -2.36. The molecule has 0 radical (unpaired) electrons. The van der Waals surface area contributed by atoms with Gasteiger partial charge >= 0.3 is 5.97 Å². The molecule has 0 aromatic heterocycles. The standard InChI is InChI=1S/C14H21NO3.ClH/c1-11(15)13(16)17-10-14(2,3)18-9-12-7-5-4-6-8-12;/h4-8,11H,9-10,15H2,1-3H3;1H/t11-;/m0./s1. The number of esters is 1. The van der Waals surface area contributed by atoms with Gasteiger partial charge in [0, 0.05) is 0 Å². The maximum Gasteiger partial charge on any atom is 0.322 e. The summed E-state index contributed by atoms with van der Waals surface area (Å²) in [5.74, 6) is -0.411. The highest BCUT2D eigenvalue weighted by molar-refractivity contribution is 5.85. The third-order valence-corrected chi connectivity index (χ3v) is 2.41. The minimum absolute atomic E-state index is 0. The summed E-state index contributed by atoms with van der Waals surface area (Å²) in [5.41, 5.74) is 5.97. The van der Waals surface area contributed by atoms with E-state index in [4.69, 9.17) is 15.2 Å². The van der Waals surface area contributed by atoms with Gasteiger partial charge in [0.15, 0.2) is 0 Å². The van der Waals surface area contributed by atoms with Crippen molar-refractivity contribution in [1.82, 2.24) is 0 Å². The first-order valence-electron chi connectivity index (χ1n) is 6.01. The van der Waals surface area contributed by atoms with Crippen molar-refractivity contribution in [3.8, 4) is 0 Å². The SMILES string of the molecule is C[C@H](N)C(=O)OCC(C)(C)OCc1ccccc1.Cl. The first kappa shape index (κ1) is 17.9. The van der Waals surface area contributed by atoms with Crippen molar-refractivity contribution in [2.45, 2.75) is 39.0 Å². The second-order valence-electron chi connectivity index (χ2n) is 4.93. The Hall–Kier alpha value is -1.10. The number of carbonyl (C=O) groups is 1. The van der Waals surface area contributed by atoms with Crippen LogP contribution in [0.1, 0.15) is 26.3 Å². The first-order chi connectivity index (χ1) is 8.41. The van der Waals surface area contributed by atoms with Crippen molar-refractivity contribution in [1.29, 1.82) is 0 Å². The molecule has 0 fully saturated rings. The van der Waals surface area contributed by atoms with E-state index in [0.717, 1.165) is 5.56 Å². The highest BCUT2D eigenvalue weighted by Gasteiger charge is 2.22. The molecule has 1 aromatic rings. The lowest BCUT2D eigenvalue weighted by Gasteiger charge is -2.25. The van der Waals surface area contributed by atoms with Crippen LogP contribution in [0.25, 0.3) is 0 Å². The largest absolute Gasteiger partial charge is 0.461 e. The van der Waals surface area contributed by atoms with Crippen LogP contribution in [0.2, 0.25) is 0 Å². The average molecular weight is 288 g/mol. The second kappa shape index (κ2) is 8.15. The third-order valence-electron chi connectivity index (χ3n) is 2.41. The molecule has 0 aliphatic heterocycles. The van der Waals surface area contributed by atoms with Gasteiger partial charge in [-0.1, -0.05) is 30.3 Å². The van der Waals surface area contributed by atoms with Crippen LogP contribution in [-0.2, 0) is 20.9 Å². The summed E-state index contributed by atoms with van der Waals surface area (Å²) in [6.45, 7) is 6.04. The van der Waals surface area contributed by atoms with Gasteiger partial charge in [-0.25, -0.2) is 0 Å². The van der Waals surface area contributed by atoms with Crippen LogP contribution >= 0.6 is 12.4 Å². The van der Waals surface area contributed by atoms with E-state index < -0.39 is 17.6 Å². The van der Waals surface area contributed by atoms with Gasteiger partial charge in [0.2, 0.25) is 0 Å². The molecule has 0 spiro atoms. The normalized spacial score (nSPS) is 12.4. The number of hydrogen-bond donors (Lipinski definition) is 1. The fraction of sp³-hybridized carbons (Fsp3) is 0.500. The minimum atomic E-state index is -0.602. The number of hydrogen-bond acceptors (Lipinski definition) is 4. The smallest absolute Gasteiger partial charge is 0.322 e. The zero-order chi connectivity index (χ0) is 13.6. The summed E-state index contributed by atoms with van der Waals surface area (Å²) >= 11 is 0. The van der Waals surface area contributed by atoms with E-state index in [1.165, 1.54) is 0 Å². The van der Waals surface area contributed by atoms with Crippen molar-refractivity contribution >= 4 is 18.4 Å². The van der Waals surface area contributed by atoms with Crippen LogP contribution in [0.4, 0.5) is 0 Å². The molecule has 0 bridgehead atoms. The molecule has 2 N–H and O–H groups in total. The van der Waals surface area contributed by atoms with Crippen molar-refractivity contribution in [3.63, 3.8) is 0 Å². The summed E-state index contributed by atoms with van der Waals surface area (Å²) in [7, 11) is 0.